The molecule has 1 fully saturated rings. The Labute approximate surface area is 198 Å². The lowest BCUT2D eigenvalue weighted by Gasteiger charge is -2.35. The predicted octanol–water partition coefficient (Wildman–Crippen LogP) is -0.218. The molecule has 1 aliphatic rings. The molecule has 5 N–H and O–H groups in total. The lowest BCUT2D eigenvalue weighted by atomic mass is 10.1. The van der Waals surface area contributed by atoms with Gasteiger partial charge in [0.25, 0.3) is 11.8 Å². The zero-order chi connectivity index (χ0) is 25.6. The number of alkyl halides is 3. The molecule has 2 aromatic rings. The molecule has 3 rings (SSSR count). The minimum Gasteiger partial charge on any atom is -0.394 e. The van der Waals surface area contributed by atoms with E-state index in [0.29, 0.717) is 18.8 Å². The SMILES string of the molecule is NC(NC(=O)C(F)(F)F)c1ccc(C(=O)NCC2COCCN2C(=O)c2ccnn2CCO)cc1. The molecule has 2 heterocycles. The van der Waals surface area contributed by atoms with Gasteiger partial charge in [-0.05, 0) is 23.8 Å². The van der Waals surface area contributed by atoms with Crippen molar-refractivity contribution in [2.45, 2.75) is 24.9 Å². The van der Waals surface area contributed by atoms with Gasteiger partial charge in [0.15, 0.2) is 0 Å². The highest BCUT2D eigenvalue weighted by Gasteiger charge is 2.39. The van der Waals surface area contributed by atoms with E-state index in [4.69, 9.17) is 15.6 Å². The zero-order valence-electron chi connectivity index (χ0n) is 18.5. The van der Waals surface area contributed by atoms with Gasteiger partial charge in [-0.3, -0.25) is 19.1 Å². The molecule has 1 aromatic carbocycles. The molecule has 0 radical (unpaired) electrons. The third kappa shape index (κ3) is 6.55. The van der Waals surface area contributed by atoms with E-state index in [1.165, 1.54) is 35.1 Å². The molecule has 35 heavy (non-hydrogen) atoms. The largest absolute Gasteiger partial charge is 0.471 e. The number of nitrogens with one attached hydrogen (secondary N) is 2. The van der Waals surface area contributed by atoms with Crippen molar-refractivity contribution in [2.24, 2.45) is 5.73 Å². The van der Waals surface area contributed by atoms with Crippen LogP contribution in [0.25, 0.3) is 0 Å². The zero-order valence-corrected chi connectivity index (χ0v) is 18.5. The number of halogens is 3. The van der Waals surface area contributed by atoms with Crippen LogP contribution in [0.1, 0.15) is 32.6 Å². The summed E-state index contributed by atoms with van der Waals surface area (Å²) in [5.74, 6) is -2.95. The number of carbonyl (C=O) groups excluding carboxylic acids is 3. The lowest BCUT2D eigenvalue weighted by Crippen LogP contribution is -2.53. The molecule has 1 aromatic heterocycles. The van der Waals surface area contributed by atoms with E-state index < -0.39 is 30.2 Å². The van der Waals surface area contributed by atoms with Crippen LogP contribution in [0, 0.1) is 0 Å². The second kappa shape index (κ2) is 11.3. The number of benzene rings is 1. The van der Waals surface area contributed by atoms with Crippen molar-refractivity contribution < 1.29 is 37.4 Å². The Morgan fingerprint density at radius 3 is 2.60 bits per heavy atom. The highest BCUT2D eigenvalue weighted by molar-refractivity contribution is 5.95. The Morgan fingerprint density at radius 2 is 1.94 bits per heavy atom. The molecule has 11 nitrogen and oxygen atoms in total. The van der Waals surface area contributed by atoms with Crippen LogP contribution >= 0.6 is 0 Å². The summed E-state index contributed by atoms with van der Waals surface area (Å²) in [6.07, 6.45) is -5.00. The van der Waals surface area contributed by atoms with E-state index in [2.05, 4.69) is 10.4 Å². The van der Waals surface area contributed by atoms with Gasteiger partial charge in [-0.25, -0.2) is 0 Å². The molecule has 0 spiro atoms. The number of aromatic nitrogens is 2. The fourth-order valence-electron chi connectivity index (χ4n) is 3.49. The molecule has 190 valence electrons. The van der Waals surface area contributed by atoms with E-state index >= 15 is 0 Å². The number of rotatable bonds is 8. The van der Waals surface area contributed by atoms with E-state index in [0.717, 1.165) is 0 Å². The van der Waals surface area contributed by atoms with Crippen molar-refractivity contribution in [2.75, 3.05) is 32.9 Å². The lowest BCUT2D eigenvalue weighted by molar-refractivity contribution is -0.174. The van der Waals surface area contributed by atoms with E-state index in [1.54, 1.807) is 16.3 Å². The maximum Gasteiger partial charge on any atom is 0.471 e. The van der Waals surface area contributed by atoms with Crippen molar-refractivity contribution in [3.8, 4) is 0 Å². The Bertz CT molecular complexity index is 1040. The molecule has 1 saturated heterocycles. The number of amides is 3. The summed E-state index contributed by atoms with van der Waals surface area (Å²) in [6, 6.07) is 6.47. The average Bonchev–Trinajstić information content (AvgIpc) is 3.30. The van der Waals surface area contributed by atoms with Crippen molar-refractivity contribution in [3.05, 3.63) is 53.3 Å². The van der Waals surface area contributed by atoms with Crippen molar-refractivity contribution in [1.29, 1.82) is 0 Å². The maximum atomic E-state index is 13.0. The molecule has 2 atom stereocenters. The van der Waals surface area contributed by atoms with Crippen LogP contribution in [0.15, 0.2) is 36.5 Å². The smallest absolute Gasteiger partial charge is 0.394 e. The molecular formula is C21H25F3N6O5. The highest BCUT2D eigenvalue weighted by Crippen LogP contribution is 2.17. The van der Waals surface area contributed by atoms with Crippen LogP contribution in [0.5, 0.6) is 0 Å². The van der Waals surface area contributed by atoms with Gasteiger partial charge in [-0.2, -0.15) is 18.3 Å². The van der Waals surface area contributed by atoms with E-state index in [-0.39, 0.29) is 43.3 Å². The van der Waals surface area contributed by atoms with Gasteiger partial charge >= 0.3 is 12.1 Å². The van der Waals surface area contributed by atoms with Crippen LogP contribution < -0.4 is 16.4 Å². The van der Waals surface area contributed by atoms with Gasteiger partial charge in [0.1, 0.15) is 11.9 Å². The summed E-state index contributed by atoms with van der Waals surface area (Å²) >= 11 is 0. The van der Waals surface area contributed by atoms with Crippen LogP contribution in [-0.4, -0.2) is 82.6 Å². The highest BCUT2D eigenvalue weighted by atomic mass is 19.4. The van der Waals surface area contributed by atoms with Crippen LogP contribution in [-0.2, 0) is 16.1 Å². The monoisotopic (exact) mass is 498 g/mol. The van der Waals surface area contributed by atoms with Gasteiger partial charge in [0.05, 0.1) is 32.4 Å². The van der Waals surface area contributed by atoms with Gasteiger partial charge in [0, 0.05) is 24.8 Å². The Hall–Kier alpha value is -3.49. The van der Waals surface area contributed by atoms with Crippen molar-refractivity contribution >= 4 is 17.7 Å². The fraction of sp³-hybridized carbons (Fsp3) is 0.429. The summed E-state index contributed by atoms with van der Waals surface area (Å²) in [7, 11) is 0. The summed E-state index contributed by atoms with van der Waals surface area (Å²) in [4.78, 5) is 38.2. The molecular weight excluding hydrogens is 473 g/mol. The average molecular weight is 498 g/mol. The first-order chi connectivity index (χ1) is 16.6. The van der Waals surface area contributed by atoms with Gasteiger partial charge < -0.3 is 31.1 Å². The quantitative estimate of drug-likeness (QED) is 0.367. The predicted molar refractivity (Wildman–Crippen MR) is 115 cm³/mol. The fourth-order valence-corrected chi connectivity index (χ4v) is 3.49. The Morgan fingerprint density at radius 1 is 1.23 bits per heavy atom. The third-order valence-electron chi connectivity index (χ3n) is 5.31. The molecule has 14 heteroatoms. The number of aliphatic hydroxyl groups is 1. The Balaban J connectivity index is 1.60. The summed E-state index contributed by atoms with van der Waals surface area (Å²) in [6.45, 7) is 0.910. The summed E-state index contributed by atoms with van der Waals surface area (Å²) in [5, 5.41) is 17.5. The number of hydrogen-bond donors (Lipinski definition) is 4. The first kappa shape index (κ1) is 26.1. The maximum absolute atomic E-state index is 13.0. The Kier molecular flexibility index (Phi) is 8.43. The molecule has 0 aliphatic carbocycles. The standard InChI is InChI=1S/C21H25F3N6O5/c22-21(23,24)20(34)28-17(25)13-1-3-14(4-2-13)18(32)26-11-15-12-35-10-8-29(15)19(33)16-5-6-27-30(16)7-9-31/h1-6,15,17,31H,7-12,25H2,(H,26,32)(H,28,34). The molecule has 1 aliphatic heterocycles. The van der Waals surface area contributed by atoms with Gasteiger partial charge in [0.2, 0.25) is 0 Å². The topological polar surface area (TPSA) is 152 Å². The minimum absolute atomic E-state index is 0.0849. The molecule has 3 amide bonds. The second-order valence-electron chi connectivity index (χ2n) is 7.67. The van der Waals surface area contributed by atoms with Crippen LogP contribution in [0.3, 0.4) is 0 Å². The number of carbonyl (C=O) groups is 3. The minimum atomic E-state index is -5.06. The number of morpholine rings is 1. The number of nitrogens with two attached hydrogens (primary N) is 1. The first-order valence-electron chi connectivity index (χ1n) is 10.6. The summed E-state index contributed by atoms with van der Waals surface area (Å²) in [5.41, 5.74) is 6.28. The second-order valence-corrected chi connectivity index (χ2v) is 7.67. The number of hydrogen-bond acceptors (Lipinski definition) is 7. The third-order valence-corrected chi connectivity index (χ3v) is 5.31. The van der Waals surface area contributed by atoms with Gasteiger partial charge in [-0.1, -0.05) is 12.1 Å². The number of aliphatic hydroxyl groups excluding tert-OH is 1. The number of nitrogens with zero attached hydrogens (tertiary/aromatic N) is 3. The van der Waals surface area contributed by atoms with Gasteiger partial charge in [-0.15, -0.1) is 0 Å². The molecule has 0 bridgehead atoms. The van der Waals surface area contributed by atoms with E-state index in [1.807, 2.05) is 0 Å². The van der Waals surface area contributed by atoms with Crippen molar-refractivity contribution in [1.82, 2.24) is 25.3 Å². The molecule has 2 unspecified atom stereocenters. The normalized spacial score (nSPS) is 17.1. The first-order valence-corrected chi connectivity index (χ1v) is 10.6. The van der Waals surface area contributed by atoms with Crippen LogP contribution in [0.2, 0.25) is 0 Å². The summed E-state index contributed by atoms with van der Waals surface area (Å²) < 4.78 is 44.0. The van der Waals surface area contributed by atoms with Crippen LogP contribution in [0.4, 0.5) is 13.2 Å². The molecule has 0 saturated carbocycles. The number of ether oxygens (including phenoxy) is 1. The van der Waals surface area contributed by atoms with E-state index in [9.17, 15) is 27.6 Å². The van der Waals surface area contributed by atoms with Crippen molar-refractivity contribution in [3.63, 3.8) is 0 Å².